The largest absolute Gasteiger partial charge is 0.0616 e. The molecule has 0 saturated heterocycles. The van der Waals surface area contributed by atoms with Crippen LogP contribution in [0.5, 0.6) is 0 Å². The fourth-order valence-electron chi connectivity index (χ4n) is 3.50. The molecule has 0 fully saturated rings. The van der Waals surface area contributed by atoms with Crippen molar-refractivity contribution in [2.75, 3.05) is 0 Å². The van der Waals surface area contributed by atoms with Crippen molar-refractivity contribution in [3.05, 3.63) is 81.7 Å². The number of benzene rings is 5. The summed E-state index contributed by atoms with van der Waals surface area (Å²) < 4.78 is 2.32. The monoisotopic (exact) mass is 434 g/mol. The zero-order chi connectivity index (χ0) is 16.3. The van der Waals surface area contributed by atoms with Crippen molar-refractivity contribution in [3.63, 3.8) is 0 Å². The first-order valence-electron chi connectivity index (χ1n) is 7.84. The van der Waals surface area contributed by atoms with Gasteiger partial charge >= 0.3 is 0 Å². The fourth-order valence-corrected chi connectivity index (χ4v) is 4.81. The van der Waals surface area contributed by atoms with Gasteiger partial charge in [0.25, 0.3) is 0 Å². The van der Waals surface area contributed by atoms with Gasteiger partial charge in [0, 0.05) is 8.95 Å². The predicted octanol–water partition coefficient (Wildman–Crippen LogP) is 7.82. The summed E-state index contributed by atoms with van der Waals surface area (Å²) in [5.41, 5.74) is 0. The van der Waals surface area contributed by atoms with E-state index in [2.05, 4.69) is 105 Å². The van der Waals surface area contributed by atoms with Gasteiger partial charge in [-0.15, -0.1) is 0 Å². The number of rotatable bonds is 0. The van der Waals surface area contributed by atoms with Gasteiger partial charge in [-0.3, -0.25) is 0 Å². The molecule has 24 heavy (non-hydrogen) atoms. The van der Waals surface area contributed by atoms with E-state index >= 15 is 0 Å². The van der Waals surface area contributed by atoms with Gasteiger partial charge in [0.15, 0.2) is 0 Å². The van der Waals surface area contributed by atoms with Gasteiger partial charge < -0.3 is 0 Å². The summed E-state index contributed by atoms with van der Waals surface area (Å²) in [6.07, 6.45) is 0. The summed E-state index contributed by atoms with van der Waals surface area (Å²) in [6.45, 7) is 0. The zero-order valence-electron chi connectivity index (χ0n) is 12.7. The smallest absolute Gasteiger partial charge is 0.0333 e. The lowest BCUT2D eigenvalue weighted by Crippen LogP contribution is -1.85. The fraction of sp³-hybridized carbons (Fsp3) is 0. The van der Waals surface area contributed by atoms with Crippen LogP contribution in [0.15, 0.2) is 81.7 Å². The van der Waals surface area contributed by atoms with Gasteiger partial charge in [-0.1, -0.05) is 48.5 Å². The molecular weight excluding hydrogens is 424 g/mol. The second-order valence-electron chi connectivity index (χ2n) is 6.12. The average Bonchev–Trinajstić information content (AvgIpc) is 2.64. The molecule has 5 rings (SSSR count). The maximum absolute atomic E-state index is 3.87. The van der Waals surface area contributed by atoms with Gasteiger partial charge in [-0.25, -0.2) is 0 Å². The van der Waals surface area contributed by atoms with Crippen molar-refractivity contribution in [1.82, 2.24) is 0 Å². The lowest BCUT2D eigenvalue weighted by Gasteiger charge is -2.12. The van der Waals surface area contributed by atoms with Crippen molar-refractivity contribution in [1.29, 1.82) is 0 Å². The maximum Gasteiger partial charge on any atom is 0.0333 e. The highest BCUT2D eigenvalue weighted by molar-refractivity contribution is 9.11. The lowest BCUT2D eigenvalue weighted by atomic mass is 9.97. The molecule has 0 radical (unpaired) electrons. The van der Waals surface area contributed by atoms with Gasteiger partial charge in [0.2, 0.25) is 0 Å². The summed E-state index contributed by atoms with van der Waals surface area (Å²) in [5.74, 6) is 0. The second kappa shape index (κ2) is 5.30. The zero-order valence-corrected chi connectivity index (χ0v) is 15.9. The van der Waals surface area contributed by atoms with Crippen LogP contribution in [-0.4, -0.2) is 0 Å². The Labute approximate surface area is 156 Å². The first kappa shape index (κ1) is 14.4. The van der Waals surface area contributed by atoms with E-state index in [1.54, 1.807) is 0 Å². The van der Waals surface area contributed by atoms with E-state index in [4.69, 9.17) is 0 Å². The molecule has 0 aliphatic heterocycles. The first-order valence-corrected chi connectivity index (χ1v) is 9.43. The molecule has 5 aromatic rings. The summed E-state index contributed by atoms with van der Waals surface area (Å²) in [7, 11) is 0. The molecule has 0 spiro atoms. The molecule has 5 aromatic carbocycles. The Hall–Kier alpha value is -1.90. The third kappa shape index (κ3) is 2.03. The molecule has 0 nitrogen and oxygen atoms in total. The number of fused-ring (bicyclic) bond motifs is 4. The molecule has 0 heterocycles. The Morgan fingerprint density at radius 1 is 0.417 bits per heavy atom. The van der Waals surface area contributed by atoms with Gasteiger partial charge in [-0.2, -0.15) is 0 Å². The minimum absolute atomic E-state index is 1.16. The minimum atomic E-state index is 1.16. The predicted molar refractivity (Wildman–Crippen MR) is 112 cm³/mol. The standard InChI is InChI=1S/C22H12Br2/c23-21-17-9-13-5-1-2-6-14(13)10-18(17)22(24)20-12-16-8-4-3-7-15(16)11-19(20)21/h1-12H. The Kier molecular flexibility index (Phi) is 3.19. The molecule has 114 valence electrons. The number of hydrogen-bond donors (Lipinski definition) is 0. The quantitative estimate of drug-likeness (QED) is 0.217. The molecule has 2 heteroatoms. The van der Waals surface area contributed by atoms with Crippen molar-refractivity contribution >= 4 is 74.9 Å². The molecule has 0 aliphatic rings. The molecule has 0 aromatic heterocycles. The molecule has 0 unspecified atom stereocenters. The molecule has 0 atom stereocenters. The van der Waals surface area contributed by atoms with Crippen molar-refractivity contribution in [2.45, 2.75) is 0 Å². The lowest BCUT2D eigenvalue weighted by molar-refractivity contribution is 1.74. The highest BCUT2D eigenvalue weighted by atomic mass is 79.9. The van der Waals surface area contributed by atoms with Crippen LogP contribution >= 0.6 is 31.9 Å². The SMILES string of the molecule is Brc1c2cc3ccccc3cc2c(Br)c2cc3ccccc3cc12. The average molecular weight is 436 g/mol. The molecular formula is C22H12Br2. The molecule has 0 N–H and O–H groups in total. The van der Waals surface area contributed by atoms with E-state index in [-0.39, 0.29) is 0 Å². The number of halogens is 2. The van der Waals surface area contributed by atoms with Gasteiger partial charge in [-0.05, 0) is 99.2 Å². The summed E-state index contributed by atoms with van der Waals surface area (Å²) in [5, 5.41) is 10.0. The van der Waals surface area contributed by atoms with Crippen LogP contribution in [0.1, 0.15) is 0 Å². The van der Waals surface area contributed by atoms with Gasteiger partial charge in [0.1, 0.15) is 0 Å². The highest BCUT2D eigenvalue weighted by Gasteiger charge is 2.12. The summed E-state index contributed by atoms with van der Waals surface area (Å²) in [6, 6.07) is 26.1. The Morgan fingerprint density at radius 2 is 0.667 bits per heavy atom. The molecule has 0 amide bonds. The van der Waals surface area contributed by atoms with Crippen molar-refractivity contribution in [2.24, 2.45) is 0 Å². The van der Waals surface area contributed by atoms with Crippen LogP contribution in [0.3, 0.4) is 0 Å². The summed E-state index contributed by atoms with van der Waals surface area (Å²) in [4.78, 5) is 0. The maximum atomic E-state index is 3.87. The van der Waals surface area contributed by atoms with Crippen LogP contribution in [0.4, 0.5) is 0 Å². The van der Waals surface area contributed by atoms with E-state index in [9.17, 15) is 0 Å². The molecule has 0 aliphatic carbocycles. The van der Waals surface area contributed by atoms with Crippen molar-refractivity contribution < 1.29 is 0 Å². The highest BCUT2D eigenvalue weighted by Crippen LogP contribution is 2.42. The van der Waals surface area contributed by atoms with E-state index in [0.29, 0.717) is 0 Å². The summed E-state index contributed by atoms with van der Waals surface area (Å²) >= 11 is 7.73. The van der Waals surface area contributed by atoms with Crippen LogP contribution in [0, 0.1) is 0 Å². The van der Waals surface area contributed by atoms with Crippen LogP contribution in [0.25, 0.3) is 43.1 Å². The first-order chi connectivity index (χ1) is 11.7. The van der Waals surface area contributed by atoms with E-state index in [0.717, 1.165) is 8.95 Å². The van der Waals surface area contributed by atoms with Crippen molar-refractivity contribution in [3.8, 4) is 0 Å². The van der Waals surface area contributed by atoms with E-state index in [1.165, 1.54) is 43.1 Å². The Balaban J connectivity index is 2.04. The van der Waals surface area contributed by atoms with Crippen LogP contribution < -0.4 is 0 Å². The Morgan fingerprint density at radius 3 is 0.917 bits per heavy atom. The van der Waals surface area contributed by atoms with Gasteiger partial charge in [0.05, 0.1) is 0 Å². The molecule has 0 saturated carbocycles. The number of hydrogen-bond acceptors (Lipinski definition) is 0. The van der Waals surface area contributed by atoms with Crippen LogP contribution in [0.2, 0.25) is 0 Å². The third-order valence-corrected chi connectivity index (χ3v) is 6.43. The third-order valence-electron chi connectivity index (χ3n) is 4.72. The minimum Gasteiger partial charge on any atom is -0.0616 e. The van der Waals surface area contributed by atoms with E-state index in [1.807, 2.05) is 0 Å². The van der Waals surface area contributed by atoms with Crippen LogP contribution in [-0.2, 0) is 0 Å². The van der Waals surface area contributed by atoms with E-state index < -0.39 is 0 Å². The molecule has 0 bridgehead atoms. The topological polar surface area (TPSA) is 0 Å². The normalized spacial score (nSPS) is 11.8. The second-order valence-corrected chi connectivity index (χ2v) is 7.70. The Bertz CT molecular complexity index is 1070.